The summed E-state index contributed by atoms with van der Waals surface area (Å²) in [7, 11) is 0. The molecule has 4 N–H and O–H groups in total. The lowest BCUT2D eigenvalue weighted by atomic mass is 10.0. The number of carboxylic acids is 4. The summed E-state index contributed by atoms with van der Waals surface area (Å²) in [5.41, 5.74) is 0. The minimum absolute atomic E-state index is 0.321. The maximum atomic E-state index is 11.2. The summed E-state index contributed by atoms with van der Waals surface area (Å²) in [5, 5.41) is 36.6. The molecule has 12 heteroatoms. The van der Waals surface area contributed by atoms with Crippen LogP contribution in [0.1, 0.15) is 158 Å². The predicted octanol–water partition coefficient (Wildman–Crippen LogP) is 8.55. The molecule has 12 nitrogen and oxygen atoms in total. The van der Waals surface area contributed by atoms with Crippen molar-refractivity contribution in [2.75, 3.05) is 0 Å². The van der Waals surface area contributed by atoms with Gasteiger partial charge in [-0.25, -0.2) is 38.7 Å². The van der Waals surface area contributed by atoms with Crippen LogP contribution in [0.25, 0.3) is 0 Å². The van der Waals surface area contributed by atoms with Crippen molar-refractivity contribution in [3.8, 4) is 0 Å². The Balaban J connectivity index is 0. The lowest BCUT2D eigenvalue weighted by Gasteiger charge is -2.17. The maximum Gasteiger partial charge on any atom is 0.336 e. The Morgan fingerprint density at radius 3 is 0.604 bits per heavy atom. The van der Waals surface area contributed by atoms with Gasteiger partial charge < -0.3 is 20.4 Å². The molecule has 0 saturated heterocycles. The molecule has 0 heterocycles. The van der Waals surface area contributed by atoms with Gasteiger partial charge in [-0.3, -0.25) is 0 Å². The van der Waals surface area contributed by atoms with Crippen LogP contribution in [0.5, 0.6) is 0 Å². The van der Waals surface area contributed by atoms with Gasteiger partial charge in [0.15, 0.2) is 24.4 Å². The molecule has 0 fully saturated rings. The highest BCUT2D eigenvalue weighted by Gasteiger charge is 2.26. The van der Waals surface area contributed by atoms with Crippen molar-refractivity contribution in [2.45, 2.75) is 183 Å². The molecule has 0 aliphatic rings. The van der Waals surface area contributed by atoms with Crippen molar-refractivity contribution in [1.29, 1.82) is 0 Å². The van der Waals surface area contributed by atoms with E-state index in [0.717, 1.165) is 51.4 Å². The first kappa shape index (κ1) is 47.8. The molecule has 0 amide bonds. The smallest absolute Gasteiger partial charge is 0.336 e. The van der Waals surface area contributed by atoms with Crippen LogP contribution in [0, 0.1) is 23.7 Å². The van der Waals surface area contributed by atoms with Crippen LogP contribution >= 0.6 is 0 Å². The van der Waals surface area contributed by atoms with E-state index in [0.29, 0.717) is 75.0 Å². The van der Waals surface area contributed by atoms with Gasteiger partial charge in [0.25, 0.3) is 0 Å². The first-order chi connectivity index (χ1) is 22.5. The normalized spacial score (nSPS) is 14.1. The molecular weight excluding hydrogens is 624 g/mol. The van der Waals surface area contributed by atoms with Gasteiger partial charge >= 0.3 is 23.9 Å². The summed E-state index contributed by atoms with van der Waals surface area (Å²) in [4.78, 5) is 64.5. The van der Waals surface area contributed by atoms with Crippen molar-refractivity contribution < 1.29 is 59.2 Å². The third-order valence-electron chi connectivity index (χ3n) is 7.67. The number of aliphatic carboxylic acids is 4. The van der Waals surface area contributed by atoms with Crippen LogP contribution in [-0.4, -0.2) is 68.7 Å². The highest BCUT2D eigenvalue weighted by atomic mass is 17.2. The van der Waals surface area contributed by atoms with Crippen LogP contribution in [0.2, 0.25) is 0 Å². The molecule has 0 aliphatic carbocycles. The van der Waals surface area contributed by atoms with Crippen LogP contribution in [0.3, 0.4) is 0 Å². The Bertz CT molecular complexity index is 707. The fourth-order valence-corrected chi connectivity index (χ4v) is 4.65. The van der Waals surface area contributed by atoms with Crippen LogP contribution < -0.4 is 0 Å². The molecule has 0 rings (SSSR count). The van der Waals surface area contributed by atoms with E-state index in [1.807, 2.05) is 0 Å². The molecule has 0 spiro atoms. The van der Waals surface area contributed by atoms with Gasteiger partial charge in [-0.15, -0.1) is 0 Å². The number of hydrogen-bond acceptors (Lipinski definition) is 8. The minimum Gasteiger partial charge on any atom is -0.479 e. The second kappa shape index (κ2) is 29.6. The highest BCUT2D eigenvalue weighted by molar-refractivity contribution is 5.73. The molecule has 0 radical (unpaired) electrons. The Labute approximate surface area is 289 Å². The van der Waals surface area contributed by atoms with E-state index in [9.17, 15) is 19.2 Å². The van der Waals surface area contributed by atoms with Crippen LogP contribution in [-0.2, 0) is 38.7 Å². The first-order valence-electron chi connectivity index (χ1n) is 18.0. The molecule has 48 heavy (non-hydrogen) atoms. The van der Waals surface area contributed by atoms with Gasteiger partial charge in [0.1, 0.15) is 0 Å². The van der Waals surface area contributed by atoms with E-state index in [1.54, 1.807) is 0 Å². The van der Waals surface area contributed by atoms with Crippen molar-refractivity contribution in [2.24, 2.45) is 23.7 Å². The SMILES string of the molecule is CC(C)CCCCC(OOC(CCCCC(C)C)C(=O)O)C(=O)O.CC(C)CCCCC(OOC(CCCCC(C)C)C(=O)O)C(=O)O. The van der Waals surface area contributed by atoms with Crippen molar-refractivity contribution in [3.05, 3.63) is 0 Å². The third kappa shape index (κ3) is 29.8. The van der Waals surface area contributed by atoms with Crippen molar-refractivity contribution >= 4 is 23.9 Å². The van der Waals surface area contributed by atoms with E-state index in [-0.39, 0.29) is 0 Å². The standard InChI is InChI=1S/2C18H34O6/c2*1-13(2)9-5-7-11-15(17(19)20)23-24-16(18(21)22)12-8-6-10-14(3)4/h2*13-16H,5-12H2,1-4H3,(H,19,20)(H,21,22). The van der Waals surface area contributed by atoms with E-state index in [4.69, 9.17) is 40.0 Å². The number of unbranched alkanes of at least 4 members (excludes halogenated alkanes) is 4. The first-order valence-corrected chi connectivity index (χ1v) is 18.0. The monoisotopic (exact) mass is 692 g/mol. The van der Waals surface area contributed by atoms with E-state index >= 15 is 0 Å². The summed E-state index contributed by atoms with van der Waals surface area (Å²) in [5.74, 6) is -2.18. The number of carboxylic acid groups (broad SMARTS) is 4. The van der Waals surface area contributed by atoms with E-state index in [1.165, 1.54) is 0 Å². The second-order valence-corrected chi connectivity index (χ2v) is 14.4. The van der Waals surface area contributed by atoms with Gasteiger partial charge in [-0.05, 0) is 49.4 Å². The van der Waals surface area contributed by atoms with Crippen LogP contribution in [0.15, 0.2) is 0 Å². The Hall–Kier alpha value is -2.28. The van der Waals surface area contributed by atoms with Crippen molar-refractivity contribution in [3.63, 3.8) is 0 Å². The quantitative estimate of drug-likeness (QED) is 0.0320. The molecule has 4 unspecified atom stereocenters. The fourth-order valence-electron chi connectivity index (χ4n) is 4.65. The Morgan fingerprint density at radius 1 is 0.333 bits per heavy atom. The lowest BCUT2D eigenvalue weighted by molar-refractivity contribution is -0.343. The summed E-state index contributed by atoms with van der Waals surface area (Å²) in [6.45, 7) is 16.9. The molecule has 0 aliphatic heterocycles. The Kier molecular flexibility index (Phi) is 29.5. The zero-order chi connectivity index (χ0) is 37.1. The topological polar surface area (TPSA) is 186 Å². The number of carbonyl (C=O) groups is 4. The largest absolute Gasteiger partial charge is 0.479 e. The third-order valence-corrected chi connectivity index (χ3v) is 7.67. The second-order valence-electron chi connectivity index (χ2n) is 14.4. The van der Waals surface area contributed by atoms with Gasteiger partial charge in [-0.1, -0.05) is 132 Å². The summed E-state index contributed by atoms with van der Waals surface area (Å²) < 4.78 is 0. The van der Waals surface area contributed by atoms with Gasteiger partial charge in [0, 0.05) is 0 Å². The molecular formula is C36H68O12. The average Bonchev–Trinajstić information content (AvgIpc) is 2.97. The number of hydrogen-bond donors (Lipinski definition) is 4. The molecule has 284 valence electrons. The zero-order valence-electron chi connectivity index (χ0n) is 31.0. The van der Waals surface area contributed by atoms with E-state index < -0.39 is 48.3 Å². The fraction of sp³-hybridized carbons (Fsp3) is 0.889. The number of rotatable bonds is 30. The molecule has 0 bridgehead atoms. The minimum atomic E-state index is -1.12. The molecule has 0 saturated carbocycles. The lowest BCUT2D eigenvalue weighted by Crippen LogP contribution is -2.30. The maximum absolute atomic E-state index is 11.2. The van der Waals surface area contributed by atoms with Crippen LogP contribution in [0.4, 0.5) is 0 Å². The van der Waals surface area contributed by atoms with E-state index in [2.05, 4.69) is 55.4 Å². The zero-order valence-corrected chi connectivity index (χ0v) is 31.0. The average molecular weight is 693 g/mol. The Morgan fingerprint density at radius 2 is 0.479 bits per heavy atom. The summed E-state index contributed by atoms with van der Waals surface area (Å²) >= 11 is 0. The highest BCUT2D eigenvalue weighted by Crippen LogP contribution is 2.17. The summed E-state index contributed by atoms with van der Waals surface area (Å²) in [6, 6.07) is 0. The van der Waals surface area contributed by atoms with Gasteiger partial charge in [-0.2, -0.15) is 0 Å². The molecule has 0 aromatic heterocycles. The summed E-state index contributed by atoms with van der Waals surface area (Å²) in [6.07, 6.45) is 7.46. The molecule has 0 aromatic carbocycles. The van der Waals surface area contributed by atoms with Crippen molar-refractivity contribution in [1.82, 2.24) is 0 Å². The van der Waals surface area contributed by atoms with Gasteiger partial charge in [0.05, 0.1) is 0 Å². The molecule has 4 atom stereocenters. The van der Waals surface area contributed by atoms with Gasteiger partial charge in [0.2, 0.25) is 0 Å². The molecule has 0 aromatic rings. The predicted molar refractivity (Wildman–Crippen MR) is 183 cm³/mol.